The normalized spacial score (nSPS) is 10.6. The van der Waals surface area contributed by atoms with Crippen molar-refractivity contribution in [1.82, 2.24) is 9.97 Å². The number of oxazole rings is 1. The highest BCUT2D eigenvalue weighted by Crippen LogP contribution is 2.22. The summed E-state index contributed by atoms with van der Waals surface area (Å²) in [4.78, 5) is 20.7. The summed E-state index contributed by atoms with van der Waals surface area (Å²) in [6, 6.07) is 18.8. The standard InChI is InChI=1S/C24H20FN3O3/c25-18-9-7-17(8-10-18)22-15-27-24(31-22)12-11-23(29)28-19-5-3-6-21(14-19)30-16-20-4-1-2-13-26-20/h1-10,13-15H,11-12,16H2,(H,28,29). The number of pyridine rings is 1. The van der Waals surface area contributed by atoms with Crippen LogP contribution in [0.3, 0.4) is 0 Å². The zero-order valence-corrected chi connectivity index (χ0v) is 16.6. The Morgan fingerprint density at radius 3 is 2.71 bits per heavy atom. The van der Waals surface area contributed by atoms with E-state index in [1.807, 2.05) is 30.3 Å². The van der Waals surface area contributed by atoms with Crippen molar-refractivity contribution < 1.29 is 18.3 Å². The Hall–Kier alpha value is -4.00. The number of nitrogens with zero attached hydrogens (tertiary/aromatic N) is 2. The largest absolute Gasteiger partial charge is 0.487 e. The van der Waals surface area contributed by atoms with Gasteiger partial charge in [0.05, 0.1) is 11.9 Å². The maximum Gasteiger partial charge on any atom is 0.224 e. The van der Waals surface area contributed by atoms with Gasteiger partial charge in [-0.15, -0.1) is 0 Å². The summed E-state index contributed by atoms with van der Waals surface area (Å²) < 4.78 is 24.4. The average molecular weight is 417 g/mol. The fourth-order valence-electron chi connectivity index (χ4n) is 2.92. The third-order valence-electron chi connectivity index (χ3n) is 4.48. The minimum atomic E-state index is -0.314. The smallest absolute Gasteiger partial charge is 0.224 e. The number of ether oxygens (including phenoxy) is 1. The molecule has 6 nitrogen and oxygen atoms in total. The minimum absolute atomic E-state index is 0.164. The van der Waals surface area contributed by atoms with Gasteiger partial charge in [-0.2, -0.15) is 0 Å². The molecule has 0 atom stereocenters. The van der Waals surface area contributed by atoms with Crippen LogP contribution in [0.2, 0.25) is 0 Å². The van der Waals surface area contributed by atoms with Crippen LogP contribution in [0, 0.1) is 5.82 Å². The van der Waals surface area contributed by atoms with Crippen LogP contribution in [-0.2, 0) is 17.8 Å². The number of aryl methyl sites for hydroxylation is 1. The maximum absolute atomic E-state index is 13.0. The van der Waals surface area contributed by atoms with Crippen molar-refractivity contribution in [3.8, 4) is 17.1 Å². The van der Waals surface area contributed by atoms with Gasteiger partial charge in [-0.25, -0.2) is 9.37 Å². The fraction of sp³-hybridized carbons (Fsp3) is 0.125. The molecule has 31 heavy (non-hydrogen) atoms. The molecule has 0 fully saturated rings. The molecule has 1 amide bonds. The van der Waals surface area contributed by atoms with Crippen molar-refractivity contribution >= 4 is 11.6 Å². The number of nitrogens with one attached hydrogen (secondary N) is 1. The van der Waals surface area contributed by atoms with Crippen LogP contribution in [0.15, 0.2) is 83.5 Å². The molecular formula is C24H20FN3O3. The van der Waals surface area contributed by atoms with Gasteiger partial charge >= 0.3 is 0 Å². The molecule has 0 aliphatic heterocycles. The van der Waals surface area contributed by atoms with Gasteiger partial charge in [0.15, 0.2) is 11.7 Å². The van der Waals surface area contributed by atoms with Crippen molar-refractivity contribution in [2.75, 3.05) is 5.32 Å². The zero-order chi connectivity index (χ0) is 21.5. The average Bonchev–Trinajstić information content (AvgIpc) is 3.27. The second-order valence-electron chi connectivity index (χ2n) is 6.81. The Morgan fingerprint density at radius 2 is 1.90 bits per heavy atom. The molecule has 0 spiro atoms. The Balaban J connectivity index is 1.28. The van der Waals surface area contributed by atoms with Crippen molar-refractivity contribution in [1.29, 1.82) is 0 Å². The third-order valence-corrected chi connectivity index (χ3v) is 4.48. The number of aromatic nitrogens is 2. The first kappa shape index (κ1) is 20.3. The van der Waals surface area contributed by atoms with Crippen molar-refractivity contribution in [2.45, 2.75) is 19.4 Å². The van der Waals surface area contributed by atoms with E-state index < -0.39 is 0 Å². The lowest BCUT2D eigenvalue weighted by Gasteiger charge is -2.09. The van der Waals surface area contributed by atoms with Gasteiger partial charge in [0.2, 0.25) is 5.91 Å². The first-order valence-corrected chi connectivity index (χ1v) is 9.79. The van der Waals surface area contributed by atoms with Gasteiger partial charge < -0.3 is 14.5 Å². The van der Waals surface area contributed by atoms with Crippen molar-refractivity contribution in [3.63, 3.8) is 0 Å². The van der Waals surface area contributed by atoms with Crippen LogP contribution in [0.5, 0.6) is 5.75 Å². The number of rotatable bonds is 8. The lowest BCUT2D eigenvalue weighted by atomic mass is 10.2. The maximum atomic E-state index is 13.0. The molecular weight excluding hydrogens is 397 g/mol. The molecule has 2 aromatic heterocycles. The van der Waals surface area contributed by atoms with Gasteiger partial charge in [0.1, 0.15) is 18.2 Å². The Labute approximate surface area is 178 Å². The molecule has 4 rings (SSSR count). The van der Waals surface area contributed by atoms with Crippen molar-refractivity contribution in [3.05, 3.63) is 96.5 Å². The molecule has 156 valence electrons. The fourth-order valence-corrected chi connectivity index (χ4v) is 2.92. The molecule has 1 N–H and O–H groups in total. The number of benzene rings is 2. The highest BCUT2D eigenvalue weighted by molar-refractivity contribution is 5.90. The number of carbonyl (C=O) groups excluding carboxylic acids is 1. The van der Waals surface area contributed by atoms with Crippen LogP contribution in [0.1, 0.15) is 18.0 Å². The van der Waals surface area contributed by atoms with Crippen LogP contribution in [-0.4, -0.2) is 15.9 Å². The summed E-state index contributed by atoms with van der Waals surface area (Å²) >= 11 is 0. The first-order valence-electron chi connectivity index (χ1n) is 9.79. The van der Waals surface area contributed by atoms with Crippen LogP contribution in [0.25, 0.3) is 11.3 Å². The molecule has 4 aromatic rings. The lowest BCUT2D eigenvalue weighted by molar-refractivity contribution is -0.116. The molecule has 2 heterocycles. The van der Waals surface area contributed by atoms with Crippen LogP contribution < -0.4 is 10.1 Å². The topological polar surface area (TPSA) is 77.2 Å². The van der Waals surface area contributed by atoms with Gasteiger partial charge in [0.25, 0.3) is 0 Å². The summed E-state index contributed by atoms with van der Waals surface area (Å²) in [7, 11) is 0. The number of hydrogen-bond acceptors (Lipinski definition) is 5. The predicted molar refractivity (Wildman–Crippen MR) is 114 cm³/mol. The number of amides is 1. The Morgan fingerprint density at radius 1 is 1.03 bits per heavy atom. The zero-order valence-electron chi connectivity index (χ0n) is 16.6. The molecule has 0 radical (unpaired) electrons. The second kappa shape index (κ2) is 9.67. The van der Waals surface area contributed by atoms with Crippen LogP contribution in [0.4, 0.5) is 10.1 Å². The number of anilines is 1. The van der Waals surface area contributed by atoms with Gasteiger partial charge in [0, 0.05) is 36.4 Å². The third kappa shape index (κ3) is 5.76. The SMILES string of the molecule is O=C(CCc1ncc(-c2ccc(F)cc2)o1)Nc1cccc(OCc2ccccn2)c1. The van der Waals surface area contributed by atoms with E-state index in [0.29, 0.717) is 36.1 Å². The second-order valence-corrected chi connectivity index (χ2v) is 6.81. The van der Waals surface area contributed by atoms with Gasteiger partial charge in [-0.1, -0.05) is 12.1 Å². The van der Waals surface area contributed by atoms with E-state index in [9.17, 15) is 9.18 Å². The number of hydrogen-bond donors (Lipinski definition) is 1. The molecule has 0 aliphatic carbocycles. The first-order chi connectivity index (χ1) is 15.2. The van der Waals surface area contributed by atoms with E-state index >= 15 is 0 Å². The van der Waals surface area contributed by atoms with E-state index in [-0.39, 0.29) is 18.1 Å². The van der Waals surface area contributed by atoms with E-state index in [4.69, 9.17) is 9.15 Å². The molecule has 0 aliphatic rings. The summed E-state index contributed by atoms with van der Waals surface area (Å²) in [5.74, 6) is 1.14. The van der Waals surface area contributed by atoms with Gasteiger partial charge in [-0.3, -0.25) is 9.78 Å². The Kier molecular flexibility index (Phi) is 6.32. The minimum Gasteiger partial charge on any atom is -0.487 e. The monoisotopic (exact) mass is 417 g/mol. The van der Waals surface area contributed by atoms with Gasteiger partial charge in [-0.05, 0) is 48.5 Å². The molecule has 0 bridgehead atoms. The van der Waals surface area contributed by atoms with Crippen molar-refractivity contribution in [2.24, 2.45) is 0 Å². The summed E-state index contributed by atoms with van der Waals surface area (Å²) in [5.41, 5.74) is 2.19. The molecule has 7 heteroatoms. The summed E-state index contributed by atoms with van der Waals surface area (Å²) in [6.45, 7) is 0.346. The van der Waals surface area contributed by atoms with E-state index in [2.05, 4.69) is 15.3 Å². The highest BCUT2D eigenvalue weighted by Gasteiger charge is 2.10. The quantitative estimate of drug-likeness (QED) is 0.435. The lowest BCUT2D eigenvalue weighted by Crippen LogP contribution is -2.12. The van der Waals surface area contributed by atoms with Crippen LogP contribution >= 0.6 is 0 Å². The van der Waals surface area contributed by atoms with E-state index in [0.717, 1.165) is 11.3 Å². The molecule has 0 saturated carbocycles. The highest BCUT2D eigenvalue weighted by atomic mass is 19.1. The molecule has 2 aromatic carbocycles. The predicted octanol–water partition coefficient (Wildman–Crippen LogP) is 5.03. The Bertz CT molecular complexity index is 1140. The van der Waals surface area contributed by atoms with E-state index in [1.165, 1.54) is 12.1 Å². The molecule has 0 unspecified atom stereocenters. The number of halogens is 1. The van der Waals surface area contributed by atoms with E-state index in [1.54, 1.807) is 36.7 Å². The summed E-state index contributed by atoms with van der Waals surface area (Å²) in [5, 5.41) is 2.85. The number of carbonyl (C=O) groups is 1. The summed E-state index contributed by atoms with van der Waals surface area (Å²) in [6.07, 6.45) is 3.85. The molecule has 0 saturated heterocycles.